The number of hydrogen-bond donors (Lipinski definition) is 2. The molecule has 2 heterocycles. The van der Waals surface area contributed by atoms with Crippen LogP contribution >= 0.6 is 0 Å². The van der Waals surface area contributed by atoms with Crippen LogP contribution in [-0.4, -0.2) is 36.2 Å². The predicted molar refractivity (Wildman–Crippen MR) is 93.4 cm³/mol. The zero-order chi connectivity index (χ0) is 18.8. The van der Waals surface area contributed by atoms with Crippen LogP contribution in [0.15, 0.2) is 47.7 Å². The number of allylic oxidation sites excluding steroid dienone is 1. The van der Waals surface area contributed by atoms with Gasteiger partial charge in [0, 0.05) is 11.3 Å². The highest BCUT2D eigenvalue weighted by Gasteiger charge is 2.32. The summed E-state index contributed by atoms with van der Waals surface area (Å²) in [5.41, 5.74) is 1.84. The highest BCUT2D eigenvalue weighted by atomic mass is 16.5. The third kappa shape index (κ3) is 3.04. The van der Waals surface area contributed by atoms with Crippen LogP contribution in [-0.2, 0) is 9.53 Å². The molecule has 0 spiro atoms. The Morgan fingerprint density at radius 2 is 1.85 bits per heavy atom. The minimum absolute atomic E-state index is 0.0426. The summed E-state index contributed by atoms with van der Waals surface area (Å²) in [4.78, 5) is 28.9. The van der Waals surface area contributed by atoms with Crippen molar-refractivity contribution in [2.45, 2.75) is 13.0 Å². The van der Waals surface area contributed by atoms with Gasteiger partial charge in [-0.2, -0.15) is 0 Å². The first-order chi connectivity index (χ1) is 12.5. The largest absolute Gasteiger partial charge is 0.497 e. The number of methoxy groups -OCH3 is 2. The van der Waals surface area contributed by atoms with E-state index in [0.29, 0.717) is 11.4 Å². The molecule has 26 heavy (non-hydrogen) atoms. The fourth-order valence-electron chi connectivity index (χ4n) is 2.82. The lowest BCUT2D eigenvalue weighted by atomic mass is 10.0. The number of aliphatic hydroxyl groups excluding tert-OH is 1. The third-order valence-electron chi connectivity index (χ3n) is 4.20. The Balaban J connectivity index is 2.11. The molecule has 0 saturated heterocycles. The molecule has 0 fully saturated rings. The van der Waals surface area contributed by atoms with E-state index in [0.717, 1.165) is 5.56 Å². The van der Waals surface area contributed by atoms with E-state index in [-0.39, 0.29) is 22.5 Å². The quantitative estimate of drug-likeness (QED) is 0.818. The fraction of sp³-hybridized carbons (Fsp3) is 0.211. The number of fused-ring (bicyclic) bond motifs is 1. The van der Waals surface area contributed by atoms with E-state index in [4.69, 9.17) is 9.47 Å². The monoisotopic (exact) mass is 354 g/mol. The molecule has 3 rings (SSSR count). The molecule has 1 amide bonds. The van der Waals surface area contributed by atoms with Gasteiger partial charge in [-0.25, -0.2) is 9.78 Å². The average Bonchev–Trinajstić information content (AvgIpc) is 2.75. The van der Waals surface area contributed by atoms with Crippen molar-refractivity contribution >= 4 is 11.9 Å². The molecule has 1 aliphatic heterocycles. The molecule has 1 aliphatic rings. The van der Waals surface area contributed by atoms with E-state index in [1.54, 1.807) is 31.4 Å². The van der Waals surface area contributed by atoms with Crippen molar-refractivity contribution in [2.75, 3.05) is 14.2 Å². The standard InChI is InChI=1S/C19H18N2O5/c1-10-15(19(24)26-3)17(22)16-13(18(23)20-10)8-9-14(21-16)11-4-6-12(25-2)7-5-11/h4-9,17,22H,1-3H3,(H,20,23). The molecule has 1 unspecified atom stereocenters. The summed E-state index contributed by atoms with van der Waals surface area (Å²) in [6.07, 6.45) is -1.38. The predicted octanol–water partition coefficient (Wildman–Crippen LogP) is 1.98. The lowest BCUT2D eigenvalue weighted by Gasteiger charge is -2.15. The molecule has 1 aromatic carbocycles. The number of pyridine rings is 1. The Bertz CT molecular complexity index is 903. The maximum atomic E-state index is 12.4. The van der Waals surface area contributed by atoms with E-state index in [2.05, 4.69) is 10.3 Å². The number of aromatic nitrogens is 1. The number of nitrogens with one attached hydrogen (secondary N) is 1. The van der Waals surface area contributed by atoms with Crippen molar-refractivity contribution in [3.05, 3.63) is 58.9 Å². The Morgan fingerprint density at radius 1 is 1.15 bits per heavy atom. The summed E-state index contributed by atoms with van der Waals surface area (Å²) < 4.78 is 9.86. The lowest BCUT2D eigenvalue weighted by Crippen LogP contribution is -2.22. The number of nitrogens with zero attached hydrogens (tertiary/aromatic N) is 1. The zero-order valence-corrected chi connectivity index (χ0v) is 14.6. The third-order valence-corrected chi connectivity index (χ3v) is 4.20. The van der Waals surface area contributed by atoms with Crippen molar-refractivity contribution in [2.24, 2.45) is 0 Å². The van der Waals surface area contributed by atoms with Crippen LogP contribution in [0.25, 0.3) is 11.3 Å². The Kier molecular flexibility index (Phi) is 4.73. The SMILES string of the molecule is COC(=O)C1=C(C)NC(=O)c2ccc(-c3ccc(OC)cc3)nc2C1O. The van der Waals surface area contributed by atoms with Gasteiger partial charge in [0.05, 0.1) is 36.7 Å². The average molecular weight is 354 g/mol. The topological polar surface area (TPSA) is 97.8 Å². The lowest BCUT2D eigenvalue weighted by molar-refractivity contribution is -0.137. The summed E-state index contributed by atoms with van der Waals surface area (Å²) >= 11 is 0. The van der Waals surface area contributed by atoms with E-state index >= 15 is 0 Å². The maximum Gasteiger partial charge on any atom is 0.338 e. The van der Waals surface area contributed by atoms with Gasteiger partial charge < -0.3 is 19.9 Å². The molecule has 0 radical (unpaired) electrons. The molecule has 0 bridgehead atoms. The zero-order valence-electron chi connectivity index (χ0n) is 14.6. The number of aliphatic hydroxyl groups is 1. The van der Waals surface area contributed by atoms with Crippen molar-refractivity contribution in [1.29, 1.82) is 0 Å². The Hall–Kier alpha value is -3.19. The van der Waals surface area contributed by atoms with Crippen LogP contribution in [0.4, 0.5) is 0 Å². The first kappa shape index (κ1) is 17.6. The van der Waals surface area contributed by atoms with E-state index in [1.165, 1.54) is 14.0 Å². The number of esters is 1. The number of hydrogen-bond acceptors (Lipinski definition) is 6. The van der Waals surface area contributed by atoms with Crippen LogP contribution < -0.4 is 10.1 Å². The van der Waals surface area contributed by atoms with Gasteiger partial charge in [0.2, 0.25) is 0 Å². The number of rotatable bonds is 3. The molecule has 7 nitrogen and oxygen atoms in total. The van der Waals surface area contributed by atoms with Gasteiger partial charge in [-0.15, -0.1) is 0 Å². The number of carbonyl (C=O) groups excluding carboxylic acids is 2. The van der Waals surface area contributed by atoms with Gasteiger partial charge >= 0.3 is 5.97 Å². The van der Waals surface area contributed by atoms with Crippen LogP contribution in [0.2, 0.25) is 0 Å². The first-order valence-electron chi connectivity index (χ1n) is 7.90. The molecule has 1 aromatic heterocycles. The second kappa shape index (κ2) is 6.97. The van der Waals surface area contributed by atoms with Crippen LogP contribution in [0, 0.1) is 0 Å². The van der Waals surface area contributed by atoms with Crippen molar-refractivity contribution in [3.8, 4) is 17.0 Å². The van der Waals surface area contributed by atoms with Gasteiger partial charge in [0.15, 0.2) is 0 Å². The molecule has 0 aliphatic carbocycles. The minimum atomic E-state index is -1.38. The second-order valence-electron chi connectivity index (χ2n) is 5.74. The number of ether oxygens (including phenoxy) is 2. The molecule has 0 saturated carbocycles. The van der Waals surface area contributed by atoms with Crippen LogP contribution in [0.5, 0.6) is 5.75 Å². The van der Waals surface area contributed by atoms with Crippen LogP contribution in [0.3, 0.4) is 0 Å². The molecular weight excluding hydrogens is 336 g/mol. The van der Waals surface area contributed by atoms with Crippen molar-refractivity contribution < 1.29 is 24.2 Å². The molecule has 7 heteroatoms. The maximum absolute atomic E-state index is 12.4. The summed E-state index contributed by atoms with van der Waals surface area (Å²) in [7, 11) is 2.79. The van der Waals surface area contributed by atoms with Gasteiger partial charge in [-0.1, -0.05) is 0 Å². The van der Waals surface area contributed by atoms with Gasteiger partial charge in [-0.3, -0.25) is 4.79 Å². The Morgan fingerprint density at radius 3 is 2.46 bits per heavy atom. The van der Waals surface area contributed by atoms with Gasteiger partial charge in [-0.05, 0) is 43.3 Å². The summed E-state index contributed by atoms with van der Waals surface area (Å²) in [5, 5.41) is 13.3. The molecular formula is C19H18N2O5. The minimum Gasteiger partial charge on any atom is -0.497 e. The molecule has 1 atom stereocenters. The molecule has 2 N–H and O–H groups in total. The highest BCUT2D eigenvalue weighted by molar-refractivity contribution is 6.01. The smallest absolute Gasteiger partial charge is 0.338 e. The van der Waals surface area contributed by atoms with Crippen molar-refractivity contribution in [3.63, 3.8) is 0 Å². The summed E-state index contributed by atoms with van der Waals surface area (Å²) in [6, 6.07) is 10.5. The normalized spacial score (nSPS) is 16.5. The number of carbonyl (C=O) groups is 2. The Labute approximate surface area is 150 Å². The van der Waals surface area contributed by atoms with E-state index in [9.17, 15) is 14.7 Å². The number of benzene rings is 1. The van der Waals surface area contributed by atoms with Crippen molar-refractivity contribution in [1.82, 2.24) is 10.3 Å². The summed E-state index contributed by atoms with van der Waals surface area (Å²) in [5.74, 6) is -0.460. The van der Waals surface area contributed by atoms with Gasteiger partial charge in [0.1, 0.15) is 11.9 Å². The van der Waals surface area contributed by atoms with E-state index in [1.807, 2.05) is 12.1 Å². The van der Waals surface area contributed by atoms with E-state index < -0.39 is 18.0 Å². The first-order valence-corrected chi connectivity index (χ1v) is 7.90. The van der Waals surface area contributed by atoms with Crippen LogP contribution in [0.1, 0.15) is 29.1 Å². The fourth-order valence-corrected chi connectivity index (χ4v) is 2.82. The van der Waals surface area contributed by atoms with Gasteiger partial charge in [0.25, 0.3) is 5.91 Å². The highest BCUT2D eigenvalue weighted by Crippen LogP contribution is 2.31. The second-order valence-corrected chi connectivity index (χ2v) is 5.74. The number of amides is 1. The summed E-state index contributed by atoms with van der Waals surface area (Å²) in [6.45, 7) is 1.53. The molecule has 2 aromatic rings. The molecule has 134 valence electrons.